The van der Waals surface area contributed by atoms with Crippen LogP contribution in [0, 0.1) is 5.92 Å². The molecule has 2 nitrogen and oxygen atoms in total. The molecule has 0 amide bonds. The maximum Gasteiger partial charge on any atom is 0.0507 e. The first-order valence-corrected chi connectivity index (χ1v) is 9.02. The number of para-hydroxylation sites is 1. The van der Waals surface area contributed by atoms with Crippen LogP contribution in [0.4, 0.5) is 5.69 Å². The molecule has 1 N–H and O–H groups in total. The van der Waals surface area contributed by atoms with Crippen LogP contribution in [-0.2, 0) is 0 Å². The van der Waals surface area contributed by atoms with Gasteiger partial charge in [-0.2, -0.15) is 0 Å². The van der Waals surface area contributed by atoms with Crippen LogP contribution in [-0.4, -0.2) is 31.4 Å². The van der Waals surface area contributed by atoms with E-state index in [0.717, 1.165) is 13.1 Å². The molecule has 2 unspecified atom stereocenters. The summed E-state index contributed by atoms with van der Waals surface area (Å²) in [6.45, 7) is 9.18. The van der Waals surface area contributed by atoms with Crippen molar-refractivity contribution in [3.05, 3.63) is 24.3 Å². The van der Waals surface area contributed by atoms with E-state index < -0.39 is 0 Å². The summed E-state index contributed by atoms with van der Waals surface area (Å²) in [4.78, 5) is 4.04. The molecule has 0 radical (unpaired) electrons. The highest BCUT2D eigenvalue weighted by atomic mass is 32.2. The predicted octanol–water partition coefficient (Wildman–Crippen LogP) is 4.01. The van der Waals surface area contributed by atoms with Gasteiger partial charge in [0.05, 0.1) is 5.69 Å². The molecule has 1 aliphatic heterocycles. The molecule has 0 bridgehead atoms. The number of nitrogens with zero attached hydrogens (tertiary/aromatic N) is 1. The molecule has 3 heteroatoms. The number of rotatable bonds is 5. The van der Waals surface area contributed by atoms with Crippen molar-refractivity contribution in [2.45, 2.75) is 50.6 Å². The Kier molecular flexibility index (Phi) is 5.79. The van der Waals surface area contributed by atoms with Gasteiger partial charge >= 0.3 is 0 Å². The van der Waals surface area contributed by atoms with Crippen LogP contribution in [0.3, 0.4) is 0 Å². The van der Waals surface area contributed by atoms with Crippen molar-refractivity contribution in [3.8, 4) is 0 Å². The topological polar surface area (TPSA) is 15.3 Å². The molecule has 2 rings (SSSR count). The van der Waals surface area contributed by atoms with E-state index in [0.29, 0.717) is 18.0 Å². The third-order valence-electron chi connectivity index (χ3n) is 4.23. The molecule has 1 fully saturated rings. The van der Waals surface area contributed by atoms with Gasteiger partial charge in [0, 0.05) is 30.1 Å². The minimum absolute atomic E-state index is 0.594. The second-order valence-corrected chi connectivity index (χ2v) is 6.88. The number of thioether (sulfide) groups is 1. The maximum absolute atomic E-state index is 3.74. The maximum atomic E-state index is 3.74. The molecule has 1 heterocycles. The van der Waals surface area contributed by atoms with Crippen molar-refractivity contribution in [2.24, 2.45) is 5.92 Å². The number of benzene rings is 1. The van der Waals surface area contributed by atoms with Crippen molar-refractivity contribution in [2.75, 3.05) is 24.2 Å². The second kappa shape index (κ2) is 7.37. The predicted molar refractivity (Wildman–Crippen MR) is 90.9 cm³/mol. The SMILES string of the molecule is CCCC1CN(c2ccccc2SC)C(C(C)C)CN1. The summed E-state index contributed by atoms with van der Waals surface area (Å²) < 4.78 is 0. The van der Waals surface area contributed by atoms with Crippen molar-refractivity contribution in [1.82, 2.24) is 5.32 Å². The van der Waals surface area contributed by atoms with Crippen molar-refractivity contribution in [1.29, 1.82) is 0 Å². The Labute approximate surface area is 128 Å². The summed E-state index contributed by atoms with van der Waals surface area (Å²) in [5.74, 6) is 0.667. The van der Waals surface area contributed by atoms with Crippen LogP contribution in [0.5, 0.6) is 0 Å². The van der Waals surface area contributed by atoms with Gasteiger partial charge in [-0.05, 0) is 30.7 Å². The lowest BCUT2D eigenvalue weighted by molar-refractivity contribution is 0.326. The van der Waals surface area contributed by atoms with Gasteiger partial charge in [-0.1, -0.05) is 39.3 Å². The molecule has 0 aliphatic carbocycles. The van der Waals surface area contributed by atoms with Crippen molar-refractivity contribution >= 4 is 17.4 Å². The minimum atomic E-state index is 0.594. The smallest absolute Gasteiger partial charge is 0.0507 e. The average Bonchev–Trinajstić information content (AvgIpc) is 2.47. The van der Waals surface area contributed by atoms with Crippen LogP contribution in [0.1, 0.15) is 33.6 Å². The number of nitrogens with one attached hydrogen (secondary N) is 1. The van der Waals surface area contributed by atoms with E-state index in [1.807, 2.05) is 11.8 Å². The lowest BCUT2D eigenvalue weighted by Crippen LogP contribution is -2.58. The summed E-state index contributed by atoms with van der Waals surface area (Å²) in [5.41, 5.74) is 1.42. The van der Waals surface area contributed by atoms with Gasteiger partial charge in [0.25, 0.3) is 0 Å². The molecule has 1 aromatic rings. The van der Waals surface area contributed by atoms with Gasteiger partial charge in [0.2, 0.25) is 0 Å². The molecule has 1 saturated heterocycles. The van der Waals surface area contributed by atoms with Gasteiger partial charge in [-0.15, -0.1) is 11.8 Å². The monoisotopic (exact) mass is 292 g/mol. The Morgan fingerprint density at radius 1 is 1.35 bits per heavy atom. The van der Waals surface area contributed by atoms with Crippen LogP contribution < -0.4 is 10.2 Å². The van der Waals surface area contributed by atoms with E-state index in [1.165, 1.54) is 23.4 Å². The number of hydrogen-bond donors (Lipinski definition) is 1. The summed E-state index contributed by atoms with van der Waals surface area (Å²) in [6, 6.07) is 10.1. The zero-order chi connectivity index (χ0) is 14.5. The Bertz CT molecular complexity index is 419. The fraction of sp³-hybridized carbons (Fsp3) is 0.647. The van der Waals surface area contributed by atoms with Gasteiger partial charge in [-0.25, -0.2) is 0 Å². The summed E-state index contributed by atoms with van der Waals surface area (Å²) in [5, 5.41) is 3.74. The quantitative estimate of drug-likeness (QED) is 0.826. The number of hydrogen-bond acceptors (Lipinski definition) is 3. The summed E-state index contributed by atoms with van der Waals surface area (Å²) in [6.07, 6.45) is 4.69. The Hall–Kier alpha value is -0.670. The number of piperazine rings is 1. The first kappa shape index (κ1) is 15.7. The molecule has 0 saturated carbocycles. The molecular formula is C17H28N2S. The fourth-order valence-electron chi connectivity index (χ4n) is 3.12. The molecule has 2 atom stereocenters. The third kappa shape index (κ3) is 3.50. The first-order chi connectivity index (χ1) is 9.67. The van der Waals surface area contributed by atoms with E-state index in [2.05, 4.69) is 61.5 Å². The summed E-state index contributed by atoms with van der Waals surface area (Å²) in [7, 11) is 0. The first-order valence-electron chi connectivity index (χ1n) is 7.80. The van der Waals surface area contributed by atoms with Crippen molar-refractivity contribution in [3.63, 3.8) is 0 Å². The Balaban J connectivity index is 2.26. The third-order valence-corrected chi connectivity index (χ3v) is 5.02. The average molecular weight is 292 g/mol. The molecule has 0 aromatic heterocycles. The lowest BCUT2D eigenvalue weighted by Gasteiger charge is -2.44. The lowest BCUT2D eigenvalue weighted by atomic mass is 9.96. The normalized spacial score (nSPS) is 23.4. The number of anilines is 1. The molecule has 1 aromatic carbocycles. The zero-order valence-corrected chi connectivity index (χ0v) is 14.0. The largest absolute Gasteiger partial charge is 0.365 e. The highest BCUT2D eigenvalue weighted by Gasteiger charge is 2.30. The highest BCUT2D eigenvalue weighted by molar-refractivity contribution is 7.98. The highest BCUT2D eigenvalue weighted by Crippen LogP contribution is 2.32. The Morgan fingerprint density at radius 3 is 2.75 bits per heavy atom. The zero-order valence-electron chi connectivity index (χ0n) is 13.2. The standard InChI is InChI=1S/C17H28N2S/c1-5-8-14-12-19(16(11-18-14)13(2)3)15-9-6-7-10-17(15)20-4/h6-7,9-10,13-14,16,18H,5,8,11-12H2,1-4H3. The van der Waals surface area contributed by atoms with Gasteiger partial charge < -0.3 is 10.2 Å². The van der Waals surface area contributed by atoms with Crippen LogP contribution in [0.25, 0.3) is 0 Å². The molecule has 112 valence electrons. The fourth-order valence-corrected chi connectivity index (χ4v) is 3.73. The van der Waals surface area contributed by atoms with Crippen LogP contribution in [0.2, 0.25) is 0 Å². The van der Waals surface area contributed by atoms with E-state index in [-0.39, 0.29) is 0 Å². The summed E-state index contributed by atoms with van der Waals surface area (Å²) >= 11 is 1.86. The van der Waals surface area contributed by atoms with Crippen LogP contribution in [0.15, 0.2) is 29.2 Å². The van der Waals surface area contributed by atoms with E-state index in [9.17, 15) is 0 Å². The second-order valence-electron chi connectivity index (χ2n) is 6.03. The van der Waals surface area contributed by atoms with Crippen LogP contribution >= 0.6 is 11.8 Å². The minimum Gasteiger partial charge on any atom is -0.365 e. The van der Waals surface area contributed by atoms with Gasteiger partial charge in [0.1, 0.15) is 0 Å². The molecule has 20 heavy (non-hydrogen) atoms. The van der Waals surface area contributed by atoms with E-state index in [4.69, 9.17) is 0 Å². The van der Waals surface area contributed by atoms with Crippen molar-refractivity contribution < 1.29 is 0 Å². The molecule has 0 spiro atoms. The van der Waals surface area contributed by atoms with Gasteiger partial charge in [0.15, 0.2) is 0 Å². The molecular weight excluding hydrogens is 264 g/mol. The molecule has 1 aliphatic rings. The van der Waals surface area contributed by atoms with E-state index in [1.54, 1.807) is 0 Å². The van der Waals surface area contributed by atoms with Gasteiger partial charge in [-0.3, -0.25) is 0 Å². The Morgan fingerprint density at radius 2 is 2.10 bits per heavy atom. The van der Waals surface area contributed by atoms with E-state index >= 15 is 0 Å².